The van der Waals surface area contributed by atoms with Crippen molar-refractivity contribution in [2.24, 2.45) is 5.41 Å². The van der Waals surface area contributed by atoms with Gasteiger partial charge < -0.3 is 14.5 Å². The van der Waals surface area contributed by atoms with Crippen LogP contribution in [0.5, 0.6) is 0 Å². The molecule has 0 bridgehead atoms. The molecule has 1 saturated carbocycles. The fourth-order valence-electron chi connectivity index (χ4n) is 2.52. The van der Waals surface area contributed by atoms with E-state index in [2.05, 4.69) is 26.1 Å². The second-order valence-electron chi connectivity index (χ2n) is 5.45. The van der Waals surface area contributed by atoms with E-state index in [9.17, 15) is 0 Å². The number of hydrogen-bond donors (Lipinski definition) is 1. The molecule has 3 nitrogen and oxygen atoms in total. The standard InChI is InChI=1S/C14H23NO2/c1-5-16-13-8-12(14(13,3)4)15-9-11-7-6-10(2)17-11/h6-7,12-13,15H,5,8-9H2,1-4H3. The number of aryl methyl sites for hydroxylation is 1. The molecule has 96 valence electrons. The molecule has 2 unspecified atom stereocenters. The van der Waals surface area contributed by atoms with Gasteiger partial charge in [0.15, 0.2) is 0 Å². The molecule has 1 N–H and O–H groups in total. The van der Waals surface area contributed by atoms with Crippen molar-refractivity contribution < 1.29 is 9.15 Å². The highest BCUT2D eigenvalue weighted by atomic mass is 16.5. The first-order chi connectivity index (χ1) is 8.04. The molecule has 3 heteroatoms. The number of hydrogen-bond acceptors (Lipinski definition) is 3. The van der Waals surface area contributed by atoms with Gasteiger partial charge >= 0.3 is 0 Å². The molecule has 0 saturated heterocycles. The predicted octanol–water partition coefficient (Wildman–Crippen LogP) is 2.88. The van der Waals surface area contributed by atoms with E-state index < -0.39 is 0 Å². The highest BCUT2D eigenvalue weighted by molar-refractivity contribution is 5.07. The molecule has 0 amide bonds. The summed E-state index contributed by atoms with van der Waals surface area (Å²) in [6.07, 6.45) is 1.49. The molecule has 1 aliphatic rings. The van der Waals surface area contributed by atoms with Gasteiger partial charge in [-0.2, -0.15) is 0 Å². The molecule has 1 fully saturated rings. The quantitative estimate of drug-likeness (QED) is 0.855. The summed E-state index contributed by atoms with van der Waals surface area (Å²) in [6, 6.07) is 4.56. The van der Waals surface area contributed by atoms with E-state index in [4.69, 9.17) is 9.15 Å². The molecule has 0 aliphatic heterocycles. The summed E-state index contributed by atoms with van der Waals surface area (Å²) in [5, 5.41) is 3.55. The summed E-state index contributed by atoms with van der Waals surface area (Å²) < 4.78 is 11.3. The van der Waals surface area contributed by atoms with Crippen LogP contribution >= 0.6 is 0 Å². The Kier molecular flexibility index (Phi) is 3.59. The first kappa shape index (κ1) is 12.7. The van der Waals surface area contributed by atoms with Crippen LogP contribution in [0.4, 0.5) is 0 Å². The van der Waals surface area contributed by atoms with Crippen LogP contribution in [0.25, 0.3) is 0 Å². The third-order valence-electron chi connectivity index (χ3n) is 3.86. The maximum atomic E-state index is 5.72. The van der Waals surface area contributed by atoms with E-state index in [0.29, 0.717) is 12.1 Å². The van der Waals surface area contributed by atoms with Crippen molar-refractivity contribution in [2.45, 2.75) is 52.8 Å². The maximum absolute atomic E-state index is 5.72. The maximum Gasteiger partial charge on any atom is 0.117 e. The van der Waals surface area contributed by atoms with Crippen LogP contribution in [0.1, 0.15) is 38.7 Å². The Morgan fingerprint density at radius 2 is 2.24 bits per heavy atom. The molecule has 0 aromatic carbocycles. The van der Waals surface area contributed by atoms with Crippen LogP contribution in [0, 0.1) is 12.3 Å². The third kappa shape index (κ3) is 2.55. The van der Waals surface area contributed by atoms with Crippen molar-refractivity contribution in [1.82, 2.24) is 5.32 Å². The van der Waals surface area contributed by atoms with E-state index >= 15 is 0 Å². The van der Waals surface area contributed by atoms with Crippen molar-refractivity contribution in [2.75, 3.05) is 6.61 Å². The lowest BCUT2D eigenvalue weighted by Crippen LogP contribution is -2.60. The Labute approximate surface area is 104 Å². The van der Waals surface area contributed by atoms with Gasteiger partial charge in [0, 0.05) is 18.1 Å². The lowest BCUT2D eigenvalue weighted by molar-refractivity contribution is -0.114. The minimum Gasteiger partial charge on any atom is -0.465 e. The molecule has 1 heterocycles. The Hall–Kier alpha value is -0.800. The summed E-state index contributed by atoms with van der Waals surface area (Å²) in [6.45, 7) is 10.2. The van der Waals surface area contributed by atoms with E-state index in [1.54, 1.807) is 0 Å². The Morgan fingerprint density at radius 3 is 2.76 bits per heavy atom. The third-order valence-corrected chi connectivity index (χ3v) is 3.86. The second kappa shape index (κ2) is 4.83. The van der Waals surface area contributed by atoms with Gasteiger partial charge in [-0.1, -0.05) is 13.8 Å². The monoisotopic (exact) mass is 237 g/mol. The number of furan rings is 1. The minimum atomic E-state index is 0.220. The normalized spacial score (nSPS) is 26.8. The SMILES string of the molecule is CCOC1CC(NCc2ccc(C)o2)C1(C)C. The molecule has 2 rings (SSSR count). The number of nitrogens with one attached hydrogen (secondary N) is 1. The summed E-state index contributed by atoms with van der Waals surface area (Å²) in [7, 11) is 0. The van der Waals surface area contributed by atoms with Gasteiger partial charge in [0.05, 0.1) is 12.6 Å². The molecule has 17 heavy (non-hydrogen) atoms. The van der Waals surface area contributed by atoms with E-state index in [1.807, 2.05) is 19.1 Å². The first-order valence-corrected chi connectivity index (χ1v) is 6.44. The molecule has 0 spiro atoms. The smallest absolute Gasteiger partial charge is 0.117 e. The van der Waals surface area contributed by atoms with E-state index in [0.717, 1.165) is 31.1 Å². The average molecular weight is 237 g/mol. The van der Waals surface area contributed by atoms with Gasteiger partial charge in [-0.25, -0.2) is 0 Å². The van der Waals surface area contributed by atoms with Crippen molar-refractivity contribution in [1.29, 1.82) is 0 Å². The minimum absolute atomic E-state index is 0.220. The van der Waals surface area contributed by atoms with Crippen LogP contribution in [0.15, 0.2) is 16.5 Å². The zero-order valence-corrected chi connectivity index (χ0v) is 11.2. The van der Waals surface area contributed by atoms with Gasteiger partial charge in [-0.3, -0.25) is 0 Å². The van der Waals surface area contributed by atoms with Crippen LogP contribution < -0.4 is 5.32 Å². The van der Waals surface area contributed by atoms with Gasteiger partial charge in [0.2, 0.25) is 0 Å². The molecule has 2 atom stereocenters. The van der Waals surface area contributed by atoms with Crippen LogP contribution in [-0.4, -0.2) is 18.8 Å². The Balaban J connectivity index is 1.82. The lowest BCUT2D eigenvalue weighted by atomic mass is 9.64. The van der Waals surface area contributed by atoms with Gasteiger partial charge in [0.1, 0.15) is 11.5 Å². The van der Waals surface area contributed by atoms with Crippen molar-refractivity contribution in [3.8, 4) is 0 Å². The van der Waals surface area contributed by atoms with E-state index in [1.165, 1.54) is 0 Å². The van der Waals surface area contributed by atoms with Crippen LogP contribution in [0.2, 0.25) is 0 Å². The fourth-order valence-corrected chi connectivity index (χ4v) is 2.52. The zero-order valence-electron chi connectivity index (χ0n) is 11.2. The summed E-state index contributed by atoms with van der Waals surface area (Å²) >= 11 is 0. The van der Waals surface area contributed by atoms with Crippen molar-refractivity contribution in [3.05, 3.63) is 23.7 Å². The molecular weight excluding hydrogens is 214 g/mol. The second-order valence-corrected chi connectivity index (χ2v) is 5.45. The molecular formula is C14H23NO2. The number of ether oxygens (including phenoxy) is 1. The molecule has 1 aliphatic carbocycles. The topological polar surface area (TPSA) is 34.4 Å². The highest BCUT2D eigenvalue weighted by Crippen LogP contribution is 2.42. The summed E-state index contributed by atoms with van der Waals surface area (Å²) in [5.74, 6) is 1.99. The largest absolute Gasteiger partial charge is 0.465 e. The Morgan fingerprint density at radius 1 is 1.47 bits per heavy atom. The zero-order chi connectivity index (χ0) is 12.5. The lowest BCUT2D eigenvalue weighted by Gasteiger charge is -2.51. The number of rotatable bonds is 5. The van der Waals surface area contributed by atoms with Crippen LogP contribution in [0.3, 0.4) is 0 Å². The van der Waals surface area contributed by atoms with Crippen molar-refractivity contribution >= 4 is 0 Å². The van der Waals surface area contributed by atoms with Gasteiger partial charge in [-0.05, 0) is 32.4 Å². The average Bonchev–Trinajstić information content (AvgIpc) is 2.68. The predicted molar refractivity (Wildman–Crippen MR) is 67.9 cm³/mol. The first-order valence-electron chi connectivity index (χ1n) is 6.44. The van der Waals surface area contributed by atoms with E-state index in [-0.39, 0.29) is 5.41 Å². The van der Waals surface area contributed by atoms with Gasteiger partial charge in [0.25, 0.3) is 0 Å². The summed E-state index contributed by atoms with van der Waals surface area (Å²) in [5.41, 5.74) is 0.220. The fraction of sp³-hybridized carbons (Fsp3) is 0.714. The molecule has 1 aromatic rings. The van der Waals surface area contributed by atoms with Crippen molar-refractivity contribution in [3.63, 3.8) is 0 Å². The van der Waals surface area contributed by atoms with Crippen LogP contribution in [-0.2, 0) is 11.3 Å². The summed E-state index contributed by atoms with van der Waals surface area (Å²) in [4.78, 5) is 0. The molecule has 1 aromatic heterocycles. The highest BCUT2D eigenvalue weighted by Gasteiger charge is 2.48. The Bertz CT molecular complexity index is 370. The van der Waals surface area contributed by atoms with Gasteiger partial charge in [-0.15, -0.1) is 0 Å². The molecule has 0 radical (unpaired) electrons.